The molecular weight excluding hydrogens is 451 g/mol. The quantitative estimate of drug-likeness (QED) is 0.519. The molecule has 11 heteroatoms. The summed E-state index contributed by atoms with van der Waals surface area (Å²) in [4.78, 5) is 14.8. The van der Waals surface area contributed by atoms with Gasteiger partial charge in [-0.25, -0.2) is 27.4 Å². The first-order valence-electron chi connectivity index (χ1n) is 10.3. The van der Waals surface area contributed by atoms with Crippen molar-refractivity contribution in [2.45, 2.75) is 4.90 Å². The van der Waals surface area contributed by atoms with Crippen molar-refractivity contribution in [3.05, 3.63) is 66.1 Å². The van der Waals surface area contributed by atoms with Gasteiger partial charge in [0.2, 0.25) is 10.0 Å². The van der Waals surface area contributed by atoms with E-state index in [1.54, 1.807) is 18.2 Å². The Morgan fingerprint density at radius 1 is 1.09 bits per heavy atom. The summed E-state index contributed by atoms with van der Waals surface area (Å²) in [6.07, 6.45) is 0. The summed E-state index contributed by atoms with van der Waals surface area (Å²) < 4.78 is 48.7. The largest absolute Gasteiger partial charge is 0.460 e. The molecule has 0 amide bonds. The van der Waals surface area contributed by atoms with E-state index in [2.05, 4.69) is 10.00 Å². The fraction of sp³-hybridized carbons (Fsp3) is 0.273. The Morgan fingerprint density at radius 2 is 1.76 bits per heavy atom. The Hall–Kier alpha value is -3.12. The van der Waals surface area contributed by atoms with Crippen LogP contribution in [-0.4, -0.2) is 68.5 Å². The fourth-order valence-corrected chi connectivity index (χ4v) is 3.96. The van der Waals surface area contributed by atoms with Crippen LogP contribution in [0.1, 0.15) is 10.5 Å². The van der Waals surface area contributed by atoms with E-state index in [1.165, 1.54) is 41.1 Å². The maximum absolute atomic E-state index is 13.4. The van der Waals surface area contributed by atoms with Crippen LogP contribution in [0.3, 0.4) is 0 Å². The zero-order valence-electron chi connectivity index (χ0n) is 17.7. The van der Waals surface area contributed by atoms with Gasteiger partial charge in [0.25, 0.3) is 0 Å². The molecule has 33 heavy (non-hydrogen) atoms. The number of benzene rings is 2. The zero-order chi connectivity index (χ0) is 23.4. The third kappa shape index (κ3) is 5.63. The molecule has 1 fully saturated rings. The molecule has 2 aromatic carbocycles. The number of ether oxygens (including phenoxy) is 2. The third-order valence-electron chi connectivity index (χ3n) is 5.21. The van der Waals surface area contributed by atoms with E-state index in [-0.39, 0.29) is 17.2 Å². The number of morpholine rings is 1. The average Bonchev–Trinajstić information content (AvgIpc) is 3.25. The molecule has 2 heterocycles. The maximum Gasteiger partial charge on any atom is 0.358 e. The van der Waals surface area contributed by atoms with Crippen molar-refractivity contribution in [2.75, 3.05) is 39.5 Å². The number of hydrogen-bond donors (Lipinski definition) is 1. The van der Waals surface area contributed by atoms with E-state index < -0.39 is 21.8 Å². The highest BCUT2D eigenvalue weighted by Gasteiger charge is 2.19. The van der Waals surface area contributed by atoms with Gasteiger partial charge < -0.3 is 9.47 Å². The number of esters is 1. The maximum atomic E-state index is 13.4. The van der Waals surface area contributed by atoms with E-state index >= 15 is 0 Å². The SMILES string of the molecule is NS(=O)(=O)c1ccc(-n2nc(C(=O)OCCN3CCOCC3)cc2-c2ccc(F)cc2)cc1. The van der Waals surface area contributed by atoms with E-state index in [1.807, 2.05) is 0 Å². The number of nitrogens with zero attached hydrogens (tertiary/aromatic N) is 3. The normalized spacial score (nSPS) is 14.8. The van der Waals surface area contributed by atoms with E-state index in [9.17, 15) is 17.6 Å². The second-order valence-electron chi connectivity index (χ2n) is 7.46. The lowest BCUT2D eigenvalue weighted by Gasteiger charge is -2.26. The molecule has 1 saturated heterocycles. The molecule has 174 valence electrons. The number of sulfonamides is 1. The Morgan fingerprint density at radius 3 is 2.39 bits per heavy atom. The van der Waals surface area contributed by atoms with Crippen LogP contribution in [0.2, 0.25) is 0 Å². The number of carbonyl (C=O) groups is 1. The third-order valence-corrected chi connectivity index (χ3v) is 6.14. The van der Waals surface area contributed by atoms with Crippen LogP contribution in [-0.2, 0) is 19.5 Å². The molecule has 0 spiro atoms. The van der Waals surface area contributed by atoms with Crippen LogP contribution >= 0.6 is 0 Å². The summed E-state index contributed by atoms with van der Waals surface area (Å²) in [7, 11) is -3.85. The van der Waals surface area contributed by atoms with E-state index in [4.69, 9.17) is 14.6 Å². The van der Waals surface area contributed by atoms with Crippen LogP contribution in [0.15, 0.2) is 59.5 Å². The topological polar surface area (TPSA) is 117 Å². The molecule has 1 aliphatic rings. The smallest absolute Gasteiger partial charge is 0.358 e. The van der Waals surface area contributed by atoms with Gasteiger partial charge in [0.05, 0.1) is 29.5 Å². The predicted molar refractivity (Wildman–Crippen MR) is 118 cm³/mol. The Labute approximate surface area is 190 Å². The molecule has 9 nitrogen and oxygen atoms in total. The molecule has 0 bridgehead atoms. The summed E-state index contributed by atoms with van der Waals surface area (Å²) in [6, 6.07) is 13.0. The molecule has 0 unspecified atom stereocenters. The van der Waals surface area contributed by atoms with Gasteiger partial charge in [-0.05, 0) is 54.6 Å². The highest BCUT2D eigenvalue weighted by Crippen LogP contribution is 2.25. The molecule has 2 N–H and O–H groups in total. The van der Waals surface area contributed by atoms with Crippen molar-refractivity contribution >= 4 is 16.0 Å². The first kappa shape index (κ1) is 23.1. The first-order chi connectivity index (χ1) is 15.8. The number of halogens is 1. The number of hydrogen-bond acceptors (Lipinski definition) is 7. The minimum atomic E-state index is -3.85. The molecule has 0 atom stereocenters. The summed E-state index contributed by atoms with van der Waals surface area (Å²) >= 11 is 0. The van der Waals surface area contributed by atoms with Crippen LogP contribution in [0.4, 0.5) is 4.39 Å². The highest BCUT2D eigenvalue weighted by atomic mass is 32.2. The standard InChI is InChI=1S/C22H23FN4O5S/c23-17-3-1-16(2-4-17)21-15-20(22(28)32-14-11-26-9-12-31-13-10-26)25-27(21)18-5-7-19(8-6-18)33(24,29)30/h1-8,15H,9-14H2,(H2,24,29,30). The predicted octanol–water partition coefficient (Wildman–Crippen LogP) is 1.81. The number of rotatable bonds is 7. The van der Waals surface area contributed by atoms with Gasteiger partial charge in [0, 0.05) is 25.2 Å². The summed E-state index contributed by atoms with van der Waals surface area (Å²) in [6.45, 7) is 3.69. The fourth-order valence-electron chi connectivity index (χ4n) is 3.45. The van der Waals surface area contributed by atoms with Crippen molar-refractivity contribution in [3.8, 4) is 16.9 Å². The van der Waals surface area contributed by atoms with Gasteiger partial charge in [0.1, 0.15) is 12.4 Å². The number of carbonyl (C=O) groups excluding carboxylic acids is 1. The number of aromatic nitrogens is 2. The van der Waals surface area contributed by atoms with Crippen LogP contribution in [0, 0.1) is 5.82 Å². The summed E-state index contributed by atoms with van der Waals surface area (Å²) in [5.74, 6) is -0.989. The molecule has 0 radical (unpaired) electrons. The summed E-state index contributed by atoms with van der Waals surface area (Å²) in [5.41, 5.74) is 1.70. The molecule has 0 aliphatic carbocycles. The second-order valence-corrected chi connectivity index (χ2v) is 9.02. The highest BCUT2D eigenvalue weighted by molar-refractivity contribution is 7.89. The van der Waals surface area contributed by atoms with Crippen LogP contribution < -0.4 is 5.14 Å². The Kier molecular flexibility index (Phi) is 6.84. The summed E-state index contributed by atoms with van der Waals surface area (Å²) in [5, 5.41) is 9.54. The van der Waals surface area contributed by atoms with Gasteiger partial charge >= 0.3 is 5.97 Å². The van der Waals surface area contributed by atoms with Crippen molar-refractivity contribution < 1.29 is 27.1 Å². The van der Waals surface area contributed by atoms with E-state index in [0.717, 1.165) is 13.1 Å². The number of nitrogens with two attached hydrogens (primary N) is 1. The monoisotopic (exact) mass is 474 g/mol. The number of primary sulfonamides is 1. The molecule has 3 aromatic rings. The lowest BCUT2D eigenvalue weighted by atomic mass is 10.1. The second kappa shape index (κ2) is 9.79. The van der Waals surface area contributed by atoms with Gasteiger partial charge in [0.15, 0.2) is 5.69 Å². The first-order valence-corrected chi connectivity index (χ1v) is 11.8. The van der Waals surface area contributed by atoms with Crippen molar-refractivity contribution in [3.63, 3.8) is 0 Å². The van der Waals surface area contributed by atoms with Crippen LogP contribution in [0.5, 0.6) is 0 Å². The molecule has 1 aliphatic heterocycles. The van der Waals surface area contributed by atoms with Gasteiger partial charge in [-0.2, -0.15) is 5.10 Å². The van der Waals surface area contributed by atoms with Gasteiger partial charge in [-0.15, -0.1) is 0 Å². The molecule has 4 rings (SSSR count). The Bertz CT molecular complexity index is 1220. The van der Waals surface area contributed by atoms with Crippen LogP contribution in [0.25, 0.3) is 16.9 Å². The molecular formula is C22H23FN4O5S. The molecule has 1 aromatic heterocycles. The zero-order valence-corrected chi connectivity index (χ0v) is 18.5. The lowest BCUT2D eigenvalue weighted by molar-refractivity contribution is 0.0193. The molecule has 0 saturated carbocycles. The van der Waals surface area contributed by atoms with Crippen molar-refractivity contribution in [1.82, 2.24) is 14.7 Å². The van der Waals surface area contributed by atoms with Gasteiger partial charge in [-0.1, -0.05) is 0 Å². The average molecular weight is 475 g/mol. The van der Waals surface area contributed by atoms with Crippen molar-refractivity contribution in [1.29, 1.82) is 0 Å². The lowest BCUT2D eigenvalue weighted by Crippen LogP contribution is -2.38. The van der Waals surface area contributed by atoms with E-state index in [0.29, 0.717) is 36.7 Å². The minimum absolute atomic E-state index is 0.0514. The van der Waals surface area contributed by atoms with Gasteiger partial charge in [-0.3, -0.25) is 4.90 Å². The van der Waals surface area contributed by atoms with Crippen molar-refractivity contribution in [2.24, 2.45) is 5.14 Å². The minimum Gasteiger partial charge on any atom is -0.460 e. The Balaban J connectivity index is 1.59.